The van der Waals surface area contributed by atoms with Gasteiger partial charge in [-0.3, -0.25) is 4.57 Å². The lowest BCUT2D eigenvalue weighted by Crippen LogP contribution is -2.13. The highest BCUT2D eigenvalue weighted by atomic mass is 16.5. The highest BCUT2D eigenvalue weighted by Gasteiger charge is 2.39. The second kappa shape index (κ2) is 9.05. The highest BCUT2D eigenvalue weighted by molar-refractivity contribution is 6.09. The number of hydrogen-bond acceptors (Lipinski definition) is 4. The fourth-order valence-electron chi connectivity index (χ4n) is 6.51. The van der Waals surface area contributed by atoms with Crippen molar-refractivity contribution >= 4 is 38.6 Å². The second-order valence-corrected chi connectivity index (χ2v) is 11.0. The van der Waals surface area contributed by atoms with Crippen LogP contribution in [0.5, 0.6) is 11.5 Å². The number of pyridine rings is 1. The number of hydrogen-bond donors (Lipinski definition) is 0. The highest BCUT2D eigenvalue weighted by Crippen LogP contribution is 2.41. The van der Waals surface area contributed by atoms with Crippen LogP contribution in [0.25, 0.3) is 38.5 Å². The van der Waals surface area contributed by atoms with Crippen molar-refractivity contribution in [2.75, 3.05) is 0 Å². The smallest absolute Gasteiger partial charge is 0.217 e. The first-order valence-electron chi connectivity index (χ1n) is 14.3. The maximum atomic E-state index is 6.45. The van der Waals surface area contributed by atoms with E-state index in [0.717, 1.165) is 56.6 Å². The van der Waals surface area contributed by atoms with Gasteiger partial charge in [0.05, 0.1) is 16.6 Å². The molecule has 0 radical (unpaired) electrons. The number of fused-ring (bicyclic) bond motifs is 7. The predicted octanol–water partition coefficient (Wildman–Crippen LogP) is 8.57. The van der Waals surface area contributed by atoms with Crippen molar-refractivity contribution < 1.29 is 9.47 Å². The van der Waals surface area contributed by atoms with Crippen LogP contribution in [0.3, 0.4) is 0 Å². The molecule has 5 heteroatoms. The summed E-state index contributed by atoms with van der Waals surface area (Å²) in [5.74, 6) is 3.05. The van der Waals surface area contributed by atoms with Crippen LogP contribution in [0, 0.1) is 0 Å². The Bertz CT molecular complexity index is 2210. The third-order valence-electron chi connectivity index (χ3n) is 8.44. The molecule has 0 spiro atoms. The Balaban J connectivity index is 1.09. The van der Waals surface area contributed by atoms with E-state index in [1.165, 1.54) is 16.5 Å². The molecule has 0 N–H and O–H groups in total. The molecule has 0 fully saturated rings. The van der Waals surface area contributed by atoms with Gasteiger partial charge in [0.15, 0.2) is 0 Å². The van der Waals surface area contributed by atoms with Gasteiger partial charge in [0, 0.05) is 34.2 Å². The third-order valence-corrected chi connectivity index (χ3v) is 8.44. The van der Waals surface area contributed by atoms with Crippen molar-refractivity contribution in [1.29, 1.82) is 0 Å². The minimum Gasteiger partial charge on any atom is -0.471 e. The van der Waals surface area contributed by atoms with Crippen molar-refractivity contribution in [2.24, 2.45) is 4.99 Å². The summed E-state index contributed by atoms with van der Waals surface area (Å²) in [5, 5.41) is 3.45. The molecule has 0 bridgehead atoms. The van der Waals surface area contributed by atoms with Crippen molar-refractivity contribution in [2.45, 2.75) is 18.6 Å². The summed E-state index contributed by atoms with van der Waals surface area (Å²) in [4.78, 5) is 9.99. The van der Waals surface area contributed by atoms with E-state index < -0.39 is 0 Å². The summed E-state index contributed by atoms with van der Waals surface area (Å²) >= 11 is 0. The number of aromatic nitrogens is 2. The number of benzene rings is 5. The van der Waals surface area contributed by atoms with Gasteiger partial charge in [0.1, 0.15) is 29.5 Å². The summed E-state index contributed by atoms with van der Waals surface area (Å²) < 4.78 is 15.0. The molecule has 42 heavy (non-hydrogen) atoms. The molecule has 0 saturated carbocycles. The molecular formula is C37H25N3O2. The molecular weight excluding hydrogens is 518 g/mol. The van der Waals surface area contributed by atoms with Crippen LogP contribution in [0.4, 0.5) is 0 Å². The molecule has 5 aromatic carbocycles. The predicted molar refractivity (Wildman–Crippen MR) is 167 cm³/mol. The second-order valence-electron chi connectivity index (χ2n) is 11.0. The summed E-state index contributed by atoms with van der Waals surface area (Å²) in [6.07, 6.45) is 0.958. The first-order chi connectivity index (χ1) is 20.8. The van der Waals surface area contributed by atoms with E-state index in [4.69, 9.17) is 19.5 Å². The molecule has 9 rings (SSSR count). The van der Waals surface area contributed by atoms with E-state index in [1.807, 2.05) is 42.5 Å². The number of aliphatic imine (C=N–C) groups is 1. The quantitative estimate of drug-likeness (QED) is 0.223. The molecule has 0 saturated heterocycles. The molecule has 1 aliphatic carbocycles. The Hall–Kier alpha value is -5.42. The van der Waals surface area contributed by atoms with Gasteiger partial charge >= 0.3 is 0 Å². The van der Waals surface area contributed by atoms with Crippen molar-refractivity contribution in [3.63, 3.8) is 0 Å². The first-order valence-corrected chi connectivity index (χ1v) is 14.3. The molecule has 7 aromatic rings. The van der Waals surface area contributed by atoms with Crippen LogP contribution in [-0.2, 0) is 11.2 Å². The molecule has 3 heterocycles. The molecule has 2 aromatic heterocycles. The molecule has 0 amide bonds. The van der Waals surface area contributed by atoms with Gasteiger partial charge in [-0.05, 0) is 65.7 Å². The van der Waals surface area contributed by atoms with Crippen LogP contribution in [0.1, 0.15) is 22.7 Å². The minimum atomic E-state index is 0.0637. The molecule has 1 aliphatic heterocycles. The maximum absolute atomic E-state index is 6.45. The molecule has 0 unspecified atom stereocenters. The van der Waals surface area contributed by atoms with Gasteiger partial charge in [-0.25, -0.2) is 9.98 Å². The summed E-state index contributed by atoms with van der Waals surface area (Å²) in [5.41, 5.74) is 6.65. The minimum absolute atomic E-state index is 0.0637. The van der Waals surface area contributed by atoms with Gasteiger partial charge in [-0.15, -0.1) is 0 Å². The zero-order chi connectivity index (χ0) is 27.6. The molecule has 5 nitrogen and oxygen atoms in total. The summed E-state index contributed by atoms with van der Waals surface area (Å²) in [7, 11) is 0. The lowest BCUT2D eigenvalue weighted by molar-refractivity contribution is 0.206. The van der Waals surface area contributed by atoms with Crippen LogP contribution in [0.15, 0.2) is 132 Å². The van der Waals surface area contributed by atoms with E-state index in [-0.39, 0.29) is 12.1 Å². The van der Waals surface area contributed by atoms with Crippen molar-refractivity contribution in [3.05, 3.63) is 144 Å². The average Bonchev–Trinajstić information content (AvgIpc) is 3.70. The van der Waals surface area contributed by atoms with E-state index >= 15 is 0 Å². The number of ether oxygens (including phenoxy) is 2. The lowest BCUT2D eigenvalue weighted by atomic mass is 10.1. The van der Waals surface area contributed by atoms with Crippen LogP contribution in [0.2, 0.25) is 0 Å². The molecule has 200 valence electrons. The van der Waals surface area contributed by atoms with E-state index in [9.17, 15) is 0 Å². The van der Waals surface area contributed by atoms with Crippen LogP contribution < -0.4 is 4.74 Å². The van der Waals surface area contributed by atoms with Crippen LogP contribution in [-0.4, -0.2) is 21.6 Å². The standard InChI is InChI=1S/C37H25N3O2/c1-3-12-28-24(9-1)21-34-36(28)39-37(42-34)25-10-7-11-26(20-25)41-27-17-18-30-29-13-4-6-15-32(29)40(33(30)22-27)35-19-16-23-8-2-5-14-31(23)38-35/h1-20,22,34,36H,21H2/t34-,36+/m1/s1. The third kappa shape index (κ3) is 3.63. The van der Waals surface area contributed by atoms with Gasteiger partial charge < -0.3 is 9.47 Å². The van der Waals surface area contributed by atoms with E-state index in [2.05, 4.69) is 89.5 Å². The maximum Gasteiger partial charge on any atom is 0.217 e. The number of para-hydroxylation sites is 2. The lowest BCUT2D eigenvalue weighted by Gasteiger charge is -2.11. The molecule has 2 aliphatic rings. The topological polar surface area (TPSA) is 48.6 Å². The molecule has 2 atom stereocenters. The zero-order valence-corrected chi connectivity index (χ0v) is 22.6. The van der Waals surface area contributed by atoms with E-state index in [1.54, 1.807) is 0 Å². The van der Waals surface area contributed by atoms with E-state index in [0.29, 0.717) is 5.90 Å². The Labute approximate surface area is 242 Å². The van der Waals surface area contributed by atoms with Gasteiger partial charge in [0.25, 0.3) is 0 Å². The number of nitrogens with zero attached hydrogens (tertiary/aromatic N) is 3. The van der Waals surface area contributed by atoms with Gasteiger partial charge in [-0.1, -0.05) is 66.7 Å². The monoisotopic (exact) mass is 543 g/mol. The first kappa shape index (κ1) is 23.3. The Morgan fingerprint density at radius 2 is 1.52 bits per heavy atom. The van der Waals surface area contributed by atoms with Crippen molar-refractivity contribution in [3.8, 4) is 17.3 Å². The normalized spacial score (nSPS) is 17.3. The largest absolute Gasteiger partial charge is 0.471 e. The Morgan fingerprint density at radius 3 is 2.52 bits per heavy atom. The Morgan fingerprint density at radius 1 is 0.690 bits per heavy atom. The zero-order valence-electron chi connectivity index (χ0n) is 22.6. The van der Waals surface area contributed by atoms with Gasteiger partial charge in [-0.2, -0.15) is 0 Å². The SMILES string of the molecule is c1cc(Oc2ccc3c4ccccc4n(-c4ccc5ccccc5n4)c3c2)cc(C2=N[C@H]3c4ccccc4C[C@H]3O2)c1. The number of rotatable bonds is 4. The fraction of sp³-hybridized carbons (Fsp3) is 0.0811. The fourth-order valence-corrected chi connectivity index (χ4v) is 6.51. The average molecular weight is 544 g/mol. The van der Waals surface area contributed by atoms with Crippen LogP contribution >= 0.6 is 0 Å². The summed E-state index contributed by atoms with van der Waals surface area (Å²) in [6, 6.07) is 43.7. The summed E-state index contributed by atoms with van der Waals surface area (Å²) in [6.45, 7) is 0. The van der Waals surface area contributed by atoms with Crippen molar-refractivity contribution in [1.82, 2.24) is 9.55 Å². The Kier molecular flexibility index (Phi) is 5.02. The van der Waals surface area contributed by atoms with Gasteiger partial charge in [0.2, 0.25) is 5.90 Å².